The Kier molecular flexibility index (Phi) is 4.62. The summed E-state index contributed by atoms with van der Waals surface area (Å²) in [5, 5.41) is 12.2. The van der Waals surface area contributed by atoms with E-state index in [1.807, 2.05) is 0 Å². The first-order valence-corrected chi connectivity index (χ1v) is 6.93. The maximum atomic E-state index is 12.1. The number of amides is 2. The molecule has 0 saturated heterocycles. The van der Waals surface area contributed by atoms with Crippen LogP contribution in [0.3, 0.4) is 0 Å². The molecular weight excluding hydrogens is 280 g/mol. The Hall–Kier alpha value is -1.59. The lowest BCUT2D eigenvalue weighted by Gasteiger charge is -2.17. The normalized spacial score (nSPS) is 14.8. The first-order chi connectivity index (χ1) is 9.50. The molecule has 1 atom stereocenters. The third-order valence-corrected chi connectivity index (χ3v) is 3.61. The quantitative estimate of drug-likeness (QED) is 0.821. The maximum absolute atomic E-state index is 12.1. The number of anilines is 1. The van der Waals surface area contributed by atoms with E-state index >= 15 is 0 Å². The Balaban J connectivity index is 2.02. The SMILES string of the molecule is CC(O)CCNC(=O)C(=O)N1CCc2c(Cl)cccc21. The van der Waals surface area contributed by atoms with E-state index < -0.39 is 17.9 Å². The Morgan fingerprint density at radius 2 is 2.25 bits per heavy atom. The fourth-order valence-corrected chi connectivity index (χ4v) is 2.46. The largest absolute Gasteiger partial charge is 0.393 e. The number of rotatable bonds is 3. The minimum atomic E-state index is -0.654. The van der Waals surface area contributed by atoms with Gasteiger partial charge in [-0.05, 0) is 37.5 Å². The van der Waals surface area contributed by atoms with E-state index in [9.17, 15) is 9.59 Å². The number of nitrogens with zero attached hydrogens (tertiary/aromatic N) is 1. The van der Waals surface area contributed by atoms with Crippen LogP contribution in [0.5, 0.6) is 0 Å². The molecule has 1 unspecified atom stereocenters. The van der Waals surface area contributed by atoms with E-state index in [4.69, 9.17) is 16.7 Å². The molecule has 6 heteroatoms. The van der Waals surface area contributed by atoms with Gasteiger partial charge in [0.25, 0.3) is 0 Å². The second-order valence-electron chi connectivity index (χ2n) is 4.84. The van der Waals surface area contributed by atoms with Crippen LogP contribution in [0.4, 0.5) is 5.69 Å². The van der Waals surface area contributed by atoms with Gasteiger partial charge in [-0.1, -0.05) is 17.7 Å². The number of carbonyl (C=O) groups is 2. The van der Waals surface area contributed by atoms with E-state index in [1.165, 1.54) is 4.90 Å². The summed E-state index contributed by atoms with van der Waals surface area (Å²) < 4.78 is 0. The Labute approximate surface area is 122 Å². The summed E-state index contributed by atoms with van der Waals surface area (Å²) in [6.07, 6.45) is 0.570. The first-order valence-electron chi connectivity index (χ1n) is 6.56. The molecule has 5 nitrogen and oxygen atoms in total. The van der Waals surface area contributed by atoms with Crippen molar-refractivity contribution in [3.63, 3.8) is 0 Å². The molecule has 2 amide bonds. The smallest absolute Gasteiger partial charge is 0.316 e. The van der Waals surface area contributed by atoms with E-state index in [-0.39, 0.29) is 6.54 Å². The van der Waals surface area contributed by atoms with Gasteiger partial charge in [-0.15, -0.1) is 0 Å². The van der Waals surface area contributed by atoms with E-state index in [2.05, 4.69) is 5.32 Å². The summed E-state index contributed by atoms with van der Waals surface area (Å²) >= 11 is 6.07. The number of fused-ring (bicyclic) bond motifs is 1. The summed E-state index contributed by atoms with van der Waals surface area (Å²) in [7, 11) is 0. The van der Waals surface area contributed by atoms with Crippen molar-refractivity contribution in [2.75, 3.05) is 18.0 Å². The minimum absolute atomic E-state index is 0.276. The average molecular weight is 297 g/mol. The molecule has 0 fully saturated rings. The van der Waals surface area contributed by atoms with Crippen LogP contribution in [0.25, 0.3) is 0 Å². The summed E-state index contributed by atoms with van der Waals surface area (Å²) in [5.41, 5.74) is 1.60. The van der Waals surface area contributed by atoms with Crippen LogP contribution in [0.1, 0.15) is 18.9 Å². The lowest BCUT2D eigenvalue weighted by atomic mass is 10.2. The average Bonchev–Trinajstić information content (AvgIpc) is 2.82. The van der Waals surface area contributed by atoms with Crippen molar-refractivity contribution in [1.29, 1.82) is 0 Å². The molecular formula is C14H17ClN2O3. The summed E-state index contributed by atoms with van der Waals surface area (Å²) in [6, 6.07) is 5.32. The van der Waals surface area contributed by atoms with Gasteiger partial charge in [0.15, 0.2) is 0 Å². The number of halogens is 1. The van der Waals surface area contributed by atoms with Crippen molar-refractivity contribution in [2.24, 2.45) is 0 Å². The van der Waals surface area contributed by atoms with Crippen LogP contribution < -0.4 is 10.2 Å². The van der Waals surface area contributed by atoms with Crippen LogP contribution in [0, 0.1) is 0 Å². The zero-order valence-electron chi connectivity index (χ0n) is 11.2. The first kappa shape index (κ1) is 14.8. The molecule has 2 N–H and O–H groups in total. The van der Waals surface area contributed by atoms with Crippen molar-refractivity contribution >= 4 is 29.1 Å². The van der Waals surface area contributed by atoms with Gasteiger partial charge in [0.2, 0.25) is 0 Å². The van der Waals surface area contributed by atoms with Crippen LogP contribution in [-0.4, -0.2) is 36.1 Å². The van der Waals surface area contributed by atoms with Crippen molar-refractivity contribution in [1.82, 2.24) is 5.32 Å². The highest BCUT2D eigenvalue weighted by atomic mass is 35.5. The number of aliphatic hydroxyl groups is 1. The Morgan fingerprint density at radius 1 is 1.50 bits per heavy atom. The fraction of sp³-hybridized carbons (Fsp3) is 0.429. The standard InChI is InChI=1S/C14H17ClN2O3/c1-9(18)5-7-16-13(19)14(20)17-8-6-10-11(15)3-2-4-12(10)17/h2-4,9,18H,5-8H2,1H3,(H,16,19). The number of benzene rings is 1. The van der Waals surface area contributed by atoms with Gasteiger partial charge in [-0.25, -0.2) is 0 Å². The topological polar surface area (TPSA) is 69.6 Å². The third kappa shape index (κ3) is 3.11. The van der Waals surface area contributed by atoms with Gasteiger partial charge in [0.1, 0.15) is 0 Å². The molecule has 1 aliphatic rings. The predicted octanol–water partition coefficient (Wildman–Crippen LogP) is 1.12. The van der Waals surface area contributed by atoms with Crippen LogP contribution in [0.15, 0.2) is 18.2 Å². The zero-order chi connectivity index (χ0) is 14.7. The molecule has 108 valence electrons. The molecule has 1 aromatic carbocycles. The predicted molar refractivity (Wildman–Crippen MR) is 76.8 cm³/mol. The molecule has 0 aliphatic carbocycles. The van der Waals surface area contributed by atoms with Crippen molar-refractivity contribution < 1.29 is 14.7 Å². The molecule has 0 spiro atoms. The van der Waals surface area contributed by atoms with E-state index in [0.717, 1.165) is 5.56 Å². The van der Waals surface area contributed by atoms with Crippen molar-refractivity contribution in [3.05, 3.63) is 28.8 Å². The molecule has 20 heavy (non-hydrogen) atoms. The molecule has 0 saturated carbocycles. The van der Waals surface area contributed by atoms with Gasteiger partial charge in [0, 0.05) is 23.8 Å². The molecule has 1 aliphatic heterocycles. The van der Waals surface area contributed by atoms with Gasteiger partial charge in [0.05, 0.1) is 6.10 Å². The Morgan fingerprint density at radius 3 is 2.95 bits per heavy atom. The molecule has 0 bridgehead atoms. The van der Waals surface area contributed by atoms with Gasteiger partial charge < -0.3 is 15.3 Å². The highest BCUT2D eigenvalue weighted by Gasteiger charge is 2.29. The lowest BCUT2D eigenvalue weighted by Crippen LogP contribution is -2.43. The van der Waals surface area contributed by atoms with Crippen LogP contribution in [-0.2, 0) is 16.0 Å². The molecule has 0 radical (unpaired) electrons. The number of carbonyl (C=O) groups excluding carboxylic acids is 2. The molecule has 0 aromatic heterocycles. The molecule has 1 aromatic rings. The lowest BCUT2D eigenvalue weighted by molar-refractivity contribution is -0.137. The van der Waals surface area contributed by atoms with E-state index in [0.29, 0.717) is 30.1 Å². The van der Waals surface area contributed by atoms with Gasteiger partial charge in [-0.3, -0.25) is 9.59 Å². The summed E-state index contributed by atoms with van der Waals surface area (Å²) in [5.74, 6) is -1.24. The fourth-order valence-electron chi connectivity index (χ4n) is 2.20. The number of nitrogens with one attached hydrogen (secondary N) is 1. The van der Waals surface area contributed by atoms with Crippen LogP contribution >= 0.6 is 11.6 Å². The van der Waals surface area contributed by atoms with Gasteiger partial charge >= 0.3 is 11.8 Å². The highest BCUT2D eigenvalue weighted by Crippen LogP contribution is 2.33. The second kappa shape index (κ2) is 6.24. The van der Waals surface area contributed by atoms with E-state index in [1.54, 1.807) is 25.1 Å². The summed E-state index contributed by atoms with van der Waals surface area (Å²) in [4.78, 5) is 25.3. The second-order valence-corrected chi connectivity index (χ2v) is 5.25. The zero-order valence-corrected chi connectivity index (χ0v) is 12.0. The highest BCUT2D eigenvalue weighted by molar-refractivity contribution is 6.41. The van der Waals surface area contributed by atoms with Crippen molar-refractivity contribution in [2.45, 2.75) is 25.9 Å². The summed E-state index contributed by atoms with van der Waals surface area (Å²) in [6.45, 7) is 2.37. The van der Waals surface area contributed by atoms with Gasteiger partial charge in [-0.2, -0.15) is 0 Å². The van der Waals surface area contributed by atoms with Crippen molar-refractivity contribution in [3.8, 4) is 0 Å². The minimum Gasteiger partial charge on any atom is -0.393 e. The maximum Gasteiger partial charge on any atom is 0.316 e. The number of hydrogen-bond acceptors (Lipinski definition) is 3. The molecule has 1 heterocycles. The number of aliphatic hydroxyl groups excluding tert-OH is 1. The van der Waals surface area contributed by atoms with Crippen LogP contribution in [0.2, 0.25) is 5.02 Å². The Bertz CT molecular complexity index is 531. The third-order valence-electron chi connectivity index (χ3n) is 3.26. The molecule has 2 rings (SSSR count). The number of hydrogen-bond donors (Lipinski definition) is 2. The monoisotopic (exact) mass is 296 g/mol.